The molecule has 0 radical (unpaired) electrons. The number of rotatable bonds is 6. The molecule has 0 spiro atoms. The molecule has 0 aliphatic carbocycles. The van der Waals surface area contributed by atoms with Crippen LogP contribution in [0.4, 0.5) is 0 Å². The van der Waals surface area contributed by atoms with Gasteiger partial charge in [-0.3, -0.25) is 4.90 Å². The zero-order valence-corrected chi connectivity index (χ0v) is 12.0. The minimum absolute atomic E-state index is 0.531. The molecule has 0 aromatic heterocycles. The predicted octanol–water partition coefficient (Wildman–Crippen LogP) is 0.827. The standard InChI is InChI=1S/C14H29N3O/c1-12(9-14-11-18-8-5-15-14)16-10-13(2)17-6-3-4-7-17/h12-16H,3-11H2,1-2H3. The Kier molecular flexibility index (Phi) is 5.89. The lowest BCUT2D eigenvalue weighted by atomic mass is 10.1. The molecule has 18 heavy (non-hydrogen) atoms. The van der Waals surface area contributed by atoms with Crippen molar-refractivity contribution < 1.29 is 4.74 Å². The first-order valence-electron chi connectivity index (χ1n) is 7.54. The first-order chi connectivity index (χ1) is 8.75. The van der Waals surface area contributed by atoms with E-state index in [1.165, 1.54) is 25.9 Å². The molecule has 0 aromatic rings. The van der Waals surface area contributed by atoms with Crippen LogP contribution in [0, 0.1) is 0 Å². The summed E-state index contributed by atoms with van der Waals surface area (Å²) in [7, 11) is 0. The molecule has 2 heterocycles. The Hall–Kier alpha value is -0.160. The average molecular weight is 255 g/mol. The third kappa shape index (κ3) is 4.50. The Morgan fingerprint density at radius 3 is 2.78 bits per heavy atom. The van der Waals surface area contributed by atoms with Crippen molar-refractivity contribution in [3.63, 3.8) is 0 Å². The van der Waals surface area contributed by atoms with Crippen LogP contribution in [0.5, 0.6) is 0 Å². The van der Waals surface area contributed by atoms with Crippen LogP contribution in [0.1, 0.15) is 33.1 Å². The number of likely N-dealkylation sites (tertiary alicyclic amines) is 1. The van der Waals surface area contributed by atoms with E-state index in [4.69, 9.17) is 4.74 Å². The molecule has 0 aromatic carbocycles. The lowest BCUT2D eigenvalue weighted by Crippen LogP contribution is -2.47. The molecule has 0 saturated carbocycles. The van der Waals surface area contributed by atoms with E-state index in [1.54, 1.807) is 0 Å². The van der Waals surface area contributed by atoms with Crippen molar-refractivity contribution in [3.8, 4) is 0 Å². The highest BCUT2D eigenvalue weighted by Crippen LogP contribution is 2.11. The van der Waals surface area contributed by atoms with Gasteiger partial charge in [0.2, 0.25) is 0 Å². The van der Waals surface area contributed by atoms with E-state index >= 15 is 0 Å². The Balaban J connectivity index is 1.59. The number of nitrogens with one attached hydrogen (secondary N) is 2. The van der Waals surface area contributed by atoms with E-state index in [1.807, 2.05) is 0 Å². The maximum Gasteiger partial charge on any atom is 0.0620 e. The minimum atomic E-state index is 0.531. The molecule has 2 saturated heterocycles. The summed E-state index contributed by atoms with van der Waals surface area (Å²) in [6, 6.07) is 1.77. The summed E-state index contributed by atoms with van der Waals surface area (Å²) >= 11 is 0. The fourth-order valence-electron chi connectivity index (χ4n) is 2.96. The van der Waals surface area contributed by atoms with Crippen molar-refractivity contribution in [1.29, 1.82) is 0 Å². The summed E-state index contributed by atoms with van der Waals surface area (Å²) in [6.45, 7) is 11.0. The van der Waals surface area contributed by atoms with Gasteiger partial charge in [0.15, 0.2) is 0 Å². The Labute approximate surface area is 111 Å². The summed E-state index contributed by atoms with van der Waals surface area (Å²) in [5, 5.41) is 7.19. The molecule has 2 aliphatic heterocycles. The monoisotopic (exact) mass is 255 g/mol. The van der Waals surface area contributed by atoms with Crippen LogP contribution < -0.4 is 10.6 Å². The van der Waals surface area contributed by atoms with E-state index in [0.717, 1.165) is 32.7 Å². The van der Waals surface area contributed by atoms with E-state index in [2.05, 4.69) is 29.4 Å². The van der Waals surface area contributed by atoms with Crippen molar-refractivity contribution in [2.45, 2.75) is 51.2 Å². The van der Waals surface area contributed by atoms with Gasteiger partial charge in [-0.1, -0.05) is 0 Å². The SMILES string of the molecule is CC(CC1COCCN1)NCC(C)N1CCCC1. The summed E-state index contributed by atoms with van der Waals surface area (Å²) in [4.78, 5) is 2.60. The van der Waals surface area contributed by atoms with Crippen LogP contribution in [0.3, 0.4) is 0 Å². The highest BCUT2D eigenvalue weighted by molar-refractivity contribution is 4.79. The van der Waals surface area contributed by atoms with Gasteiger partial charge in [-0.25, -0.2) is 0 Å². The third-order valence-electron chi connectivity index (χ3n) is 4.16. The number of hydrogen-bond donors (Lipinski definition) is 2. The molecular weight excluding hydrogens is 226 g/mol. The molecule has 0 amide bonds. The summed E-state index contributed by atoms with van der Waals surface area (Å²) in [5.74, 6) is 0. The molecule has 2 N–H and O–H groups in total. The van der Waals surface area contributed by atoms with Crippen molar-refractivity contribution in [2.75, 3.05) is 39.4 Å². The van der Waals surface area contributed by atoms with Gasteiger partial charge < -0.3 is 15.4 Å². The molecule has 2 aliphatic rings. The van der Waals surface area contributed by atoms with E-state index < -0.39 is 0 Å². The van der Waals surface area contributed by atoms with E-state index in [-0.39, 0.29) is 0 Å². The van der Waals surface area contributed by atoms with Gasteiger partial charge in [-0.2, -0.15) is 0 Å². The second-order valence-corrected chi connectivity index (χ2v) is 5.86. The van der Waals surface area contributed by atoms with Crippen molar-refractivity contribution >= 4 is 0 Å². The lowest BCUT2D eigenvalue weighted by molar-refractivity contribution is 0.0709. The summed E-state index contributed by atoms with van der Waals surface area (Å²) < 4.78 is 5.49. The number of morpholine rings is 1. The van der Waals surface area contributed by atoms with Gasteiger partial charge in [-0.05, 0) is 46.2 Å². The van der Waals surface area contributed by atoms with Gasteiger partial charge in [0, 0.05) is 31.2 Å². The zero-order chi connectivity index (χ0) is 12.8. The van der Waals surface area contributed by atoms with Crippen LogP contribution in [0.2, 0.25) is 0 Å². The summed E-state index contributed by atoms with van der Waals surface area (Å²) in [5.41, 5.74) is 0. The van der Waals surface area contributed by atoms with Crippen molar-refractivity contribution in [2.24, 2.45) is 0 Å². The first kappa shape index (κ1) is 14.3. The molecule has 3 atom stereocenters. The zero-order valence-electron chi connectivity index (χ0n) is 12.0. The van der Waals surface area contributed by atoms with E-state index in [0.29, 0.717) is 18.1 Å². The fraction of sp³-hybridized carbons (Fsp3) is 1.00. The Morgan fingerprint density at radius 1 is 1.33 bits per heavy atom. The number of ether oxygens (including phenoxy) is 1. The topological polar surface area (TPSA) is 36.5 Å². The van der Waals surface area contributed by atoms with Crippen LogP contribution in [0.25, 0.3) is 0 Å². The van der Waals surface area contributed by atoms with Gasteiger partial charge in [-0.15, -0.1) is 0 Å². The average Bonchev–Trinajstić information content (AvgIpc) is 2.91. The fourth-order valence-corrected chi connectivity index (χ4v) is 2.96. The van der Waals surface area contributed by atoms with Crippen LogP contribution in [-0.2, 0) is 4.74 Å². The van der Waals surface area contributed by atoms with Crippen molar-refractivity contribution in [1.82, 2.24) is 15.5 Å². The number of hydrogen-bond acceptors (Lipinski definition) is 4. The lowest BCUT2D eigenvalue weighted by Gasteiger charge is -2.29. The molecule has 2 fully saturated rings. The highest BCUT2D eigenvalue weighted by Gasteiger charge is 2.20. The van der Waals surface area contributed by atoms with Gasteiger partial charge in [0.05, 0.1) is 13.2 Å². The Bertz CT molecular complexity index is 225. The van der Waals surface area contributed by atoms with Crippen LogP contribution >= 0.6 is 0 Å². The molecule has 4 heteroatoms. The largest absolute Gasteiger partial charge is 0.379 e. The molecule has 106 valence electrons. The van der Waals surface area contributed by atoms with E-state index in [9.17, 15) is 0 Å². The Morgan fingerprint density at radius 2 is 2.11 bits per heavy atom. The van der Waals surface area contributed by atoms with Crippen molar-refractivity contribution in [3.05, 3.63) is 0 Å². The second kappa shape index (κ2) is 7.43. The molecule has 2 rings (SSSR count). The maximum absolute atomic E-state index is 5.49. The highest BCUT2D eigenvalue weighted by atomic mass is 16.5. The van der Waals surface area contributed by atoms with Gasteiger partial charge in [0.25, 0.3) is 0 Å². The van der Waals surface area contributed by atoms with Crippen LogP contribution in [0.15, 0.2) is 0 Å². The minimum Gasteiger partial charge on any atom is -0.379 e. The quantitative estimate of drug-likeness (QED) is 0.737. The third-order valence-corrected chi connectivity index (χ3v) is 4.16. The molecular formula is C14H29N3O. The molecule has 0 bridgehead atoms. The number of nitrogens with zero attached hydrogens (tertiary/aromatic N) is 1. The predicted molar refractivity (Wildman–Crippen MR) is 75.0 cm³/mol. The van der Waals surface area contributed by atoms with Crippen LogP contribution in [-0.4, -0.2) is 62.4 Å². The maximum atomic E-state index is 5.49. The molecule has 3 unspecified atom stereocenters. The second-order valence-electron chi connectivity index (χ2n) is 5.86. The molecule has 4 nitrogen and oxygen atoms in total. The first-order valence-corrected chi connectivity index (χ1v) is 7.54. The van der Waals surface area contributed by atoms with Gasteiger partial charge >= 0.3 is 0 Å². The van der Waals surface area contributed by atoms with Gasteiger partial charge in [0.1, 0.15) is 0 Å². The smallest absolute Gasteiger partial charge is 0.0620 e. The normalized spacial score (nSPS) is 29.3. The summed E-state index contributed by atoms with van der Waals surface area (Å²) in [6.07, 6.45) is 3.92.